The third-order valence-electron chi connectivity index (χ3n) is 6.23. The molecule has 1 amide bonds. The van der Waals surface area contributed by atoms with Gasteiger partial charge in [0.1, 0.15) is 0 Å². The van der Waals surface area contributed by atoms with Crippen molar-refractivity contribution in [1.29, 1.82) is 0 Å². The summed E-state index contributed by atoms with van der Waals surface area (Å²) in [7, 11) is 0. The van der Waals surface area contributed by atoms with Crippen LogP contribution in [0.3, 0.4) is 0 Å². The van der Waals surface area contributed by atoms with Gasteiger partial charge in [0.2, 0.25) is 5.91 Å². The van der Waals surface area contributed by atoms with Crippen molar-refractivity contribution < 1.29 is 14.3 Å². The van der Waals surface area contributed by atoms with Crippen molar-refractivity contribution in [1.82, 2.24) is 5.32 Å². The van der Waals surface area contributed by atoms with E-state index in [9.17, 15) is 4.79 Å². The molecule has 0 heterocycles. The van der Waals surface area contributed by atoms with E-state index in [1.54, 1.807) is 0 Å². The minimum absolute atomic E-state index is 0.124. The van der Waals surface area contributed by atoms with Crippen LogP contribution in [0, 0.1) is 17.3 Å². The van der Waals surface area contributed by atoms with Gasteiger partial charge in [0.15, 0.2) is 0 Å². The quantitative estimate of drug-likeness (QED) is 0.299. The molecule has 4 heteroatoms. The van der Waals surface area contributed by atoms with Crippen LogP contribution in [0.1, 0.15) is 108 Å². The first-order valence-electron chi connectivity index (χ1n) is 11.8. The van der Waals surface area contributed by atoms with Crippen LogP contribution >= 0.6 is 0 Å². The van der Waals surface area contributed by atoms with Gasteiger partial charge in [-0.3, -0.25) is 4.79 Å². The van der Waals surface area contributed by atoms with Crippen LogP contribution in [0.2, 0.25) is 0 Å². The molecule has 29 heavy (non-hydrogen) atoms. The number of hydrogen-bond acceptors (Lipinski definition) is 3. The van der Waals surface area contributed by atoms with Crippen molar-refractivity contribution >= 4 is 5.91 Å². The smallest absolute Gasteiger partial charge is 0.220 e. The van der Waals surface area contributed by atoms with Gasteiger partial charge < -0.3 is 14.8 Å². The molecule has 0 aromatic carbocycles. The molecule has 0 aliphatic heterocycles. The Morgan fingerprint density at radius 1 is 0.897 bits per heavy atom. The maximum atomic E-state index is 12.3. The van der Waals surface area contributed by atoms with Crippen LogP contribution in [0.5, 0.6) is 0 Å². The van der Waals surface area contributed by atoms with Crippen LogP contribution in [-0.2, 0) is 14.3 Å². The predicted molar refractivity (Wildman–Crippen MR) is 124 cm³/mol. The minimum atomic E-state index is -0.303. The molecule has 0 spiro atoms. The number of amides is 1. The summed E-state index contributed by atoms with van der Waals surface area (Å²) in [5.41, 5.74) is -0.168. The standard InChI is InChI=1S/C25H51NO3/c1-11-12-16-28-25(9,10)15-17-29-24(7,8)14-13-22(27)26-19-21(4)18-23(5,6)20(2)3/h20-21H,11-19H2,1-10H3,(H,26,27). The van der Waals surface area contributed by atoms with Gasteiger partial charge in [0.05, 0.1) is 17.8 Å². The highest BCUT2D eigenvalue weighted by Gasteiger charge is 2.26. The second-order valence-corrected chi connectivity index (χ2v) is 11.1. The summed E-state index contributed by atoms with van der Waals surface area (Å²) < 4.78 is 12.0. The van der Waals surface area contributed by atoms with Crippen LogP contribution in [-0.4, -0.2) is 36.9 Å². The summed E-state index contributed by atoms with van der Waals surface area (Å²) in [5, 5.41) is 3.11. The molecular weight excluding hydrogens is 362 g/mol. The van der Waals surface area contributed by atoms with Gasteiger partial charge in [-0.1, -0.05) is 48.0 Å². The van der Waals surface area contributed by atoms with Gasteiger partial charge in [-0.15, -0.1) is 0 Å². The lowest BCUT2D eigenvalue weighted by molar-refractivity contribution is -0.123. The van der Waals surface area contributed by atoms with E-state index in [1.165, 1.54) is 0 Å². The lowest BCUT2D eigenvalue weighted by Gasteiger charge is -2.32. The van der Waals surface area contributed by atoms with Gasteiger partial charge >= 0.3 is 0 Å². The fourth-order valence-electron chi connectivity index (χ4n) is 3.21. The number of carbonyl (C=O) groups excluding carboxylic acids is 1. The van der Waals surface area contributed by atoms with Crippen LogP contribution in [0.15, 0.2) is 0 Å². The molecule has 0 radical (unpaired) electrons. The van der Waals surface area contributed by atoms with E-state index < -0.39 is 0 Å². The fourth-order valence-corrected chi connectivity index (χ4v) is 3.21. The van der Waals surface area contributed by atoms with Gasteiger partial charge in [0.25, 0.3) is 0 Å². The summed E-state index contributed by atoms with van der Waals surface area (Å²) in [6.07, 6.45) is 5.45. The molecule has 0 aromatic heterocycles. The third-order valence-corrected chi connectivity index (χ3v) is 6.23. The first-order valence-corrected chi connectivity index (χ1v) is 11.8. The van der Waals surface area contributed by atoms with E-state index in [2.05, 4.69) is 74.6 Å². The molecule has 0 saturated carbocycles. The fraction of sp³-hybridized carbons (Fsp3) is 0.960. The lowest BCUT2D eigenvalue weighted by atomic mass is 9.75. The molecule has 0 rings (SSSR count). The Morgan fingerprint density at radius 2 is 1.45 bits per heavy atom. The van der Waals surface area contributed by atoms with Crippen LogP contribution < -0.4 is 5.32 Å². The maximum absolute atomic E-state index is 12.3. The molecule has 0 bridgehead atoms. The topological polar surface area (TPSA) is 47.6 Å². The average molecular weight is 414 g/mol. The Morgan fingerprint density at radius 3 is 2.00 bits per heavy atom. The number of nitrogens with one attached hydrogen (secondary N) is 1. The van der Waals surface area contributed by atoms with E-state index in [0.29, 0.717) is 30.3 Å². The van der Waals surface area contributed by atoms with Crippen molar-refractivity contribution in [3.05, 3.63) is 0 Å². The first-order chi connectivity index (χ1) is 13.2. The van der Waals surface area contributed by atoms with Gasteiger partial charge in [0, 0.05) is 19.6 Å². The van der Waals surface area contributed by atoms with E-state index in [0.717, 1.165) is 45.3 Å². The number of ether oxygens (including phenoxy) is 2. The molecule has 0 fully saturated rings. The summed E-state index contributed by atoms with van der Waals surface area (Å²) >= 11 is 0. The van der Waals surface area contributed by atoms with E-state index >= 15 is 0 Å². The van der Waals surface area contributed by atoms with Crippen molar-refractivity contribution in [3.8, 4) is 0 Å². The lowest BCUT2D eigenvalue weighted by Crippen LogP contribution is -2.34. The highest BCUT2D eigenvalue weighted by Crippen LogP contribution is 2.33. The second-order valence-electron chi connectivity index (χ2n) is 11.1. The monoisotopic (exact) mass is 413 g/mol. The van der Waals surface area contributed by atoms with Crippen LogP contribution in [0.4, 0.5) is 0 Å². The Bertz CT molecular complexity index is 455. The van der Waals surface area contributed by atoms with E-state index in [1.807, 2.05) is 0 Å². The zero-order valence-electron chi connectivity index (χ0n) is 21.2. The zero-order valence-corrected chi connectivity index (χ0v) is 21.2. The van der Waals surface area contributed by atoms with E-state index in [-0.39, 0.29) is 17.1 Å². The Labute approximate surface area is 181 Å². The molecule has 4 nitrogen and oxygen atoms in total. The number of unbranched alkanes of at least 4 members (excludes halogenated alkanes) is 1. The summed E-state index contributed by atoms with van der Waals surface area (Å²) in [4.78, 5) is 12.3. The second kappa shape index (κ2) is 12.9. The molecule has 1 atom stereocenters. The van der Waals surface area contributed by atoms with Crippen molar-refractivity contribution in [2.45, 2.75) is 119 Å². The van der Waals surface area contributed by atoms with Crippen molar-refractivity contribution in [2.75, 3.05) is 19.8 Å². The Kier molecular flexibility index (Phi) is 12.7. The van der Waals surface area contributed by atoms with Crippen molar-refractivity contribution in [3.63, 3.8) is 0 Å². The maximum Gasteiger partial charge on any atom is 0.220 e. The van der Waals surface area contributed by atoms with Gasteiger partial charge in [-0.25, -0.2) is 0 Å². The molecule has 0 aliphatic carbocycles. The van der Waals surface area contributed by atoms with Crippen molar-refractivity contribution in [2.24, 2.45) is 17.3 Å². The highest BCUT2D eigenvalue weighted by molar-refractivity contribution is 5.75. The predicted octanol–water partition coefficient (Wildman–Crippen LogP) is 6.37. The zero-order chi connectivity index (χ0) is 22.7. The molecule has 1 unspecified atom stereocenters. The third kappa shape index (κ3) is 14.1. The number of carbonyl (C=O) groups is 1. The SMILES string of the molecule is CCCCOC(C)(C)CCOC(C)(C)CCC(=O)NCC(C)CC(C)(C)C(C)C. The molecule has 0 aliphatic rings. The van der Waals surface area contributed by atoms with Gasteiger partial charge in [-0.05, 0) is 70.6 Å². The summed E-state index contributed by atoms with van der Waals surface area (Å²) in [5.74, 6) is 1.25. The minimum Gasteiger partial charge on any atom is -0.375 e. The first kappa shape index (κ1) is 28.4. The largest absolute Gasteiger partial charge is 0.375 e. The highest BCUT2D eigenvalue weighted by atomic mass is 16.5. The number of rotatable bonds is 16. The molecule has 174 valence electrons. The average Bonchev–Trinajstić information content (AvgIpc) is 2.57. The molecule has 0 saturated heterocycles. The van der Waals surface area contributed by atoms with Gasteiger partial charge in [-0.2, -0.15) is 0 Å². The molecule has 1 N–H and O–H groups in total. The van der Waals surface area contributed by atoms with E-state index in [4.69, 9.17) is 9.47 Å². The Balaban J connectivity index is 4.14. The summed E-state index contributed by atoms with van der Waals surface area (Å²) in [6.45, 7) is 24.1. The summed E-state index contributed by atoms with van der Waals surface area (Å²) in [6, 6.07) is 0. The Hall–Kier alpha value is -0.610. The normalized spacial score (nSPS) is 14.3. The number of hydrogen-bond donors (Lipinski definition) is 1. The molecular formula is C25H51NO3. The molecule has 0 aromatic rings. The van der Waals surface area contributed by atoms with Crippen LogP contribution in [0.25, 0.3) is 0 Å².